The summed E-state index contributed by atoms with van der Waals surface area (Å²) in [6.45, 7) is 4.08. The number of anilines is 1. The van der Waals surface area contributed by atoms with Gasteiger partial charge in [-0.05, 0) is 38.0 Å². The minimum Gasteiger partial charge on any atom is -0.472 e. The van der Waals surface area contributed by atoms with Crippen LogP contribution in [0.15, 0.2) is 35.1 Å². The fourth-order valence-electron chi connectivity index (χ4n) is 5.20. The Morgan fingerprint density at radius 3 is 3.14 bits per heavy atom. The van der Waals surface area contributed by atoms with Crippen molar-refractivity contribution in [2.75, 3.05) is 24.5 Å². The standard InChI is InChI=1S/C21H22N4O3/c1-13-2-3-14(8-22)19(24-13)25-10-17-16(18-4-6-21(17,12-25)28-18)9-23-20(26)15-5-7-27-11-15/h2-3,5,7,11,16-18H,4,6,9-10,12H2,1H3,(H,23,26)/t16-,17+,18+,21+/m0/s1. The predicted octanol–water partition coefficient (Wildman–Crippen LogP) is 2.27. The summed E-state index contributed by atoms with van der Waals surface area (Å²) in [6.07, 6.45) is 5.19. The number of pyridine rings is 1. The van der Waals surface area contributed by atoms with Crippen LogP contribution in [0.25, 0.3) is 0 Å². The molecule has 5 heterocycles. The van der Waals surface area contributed by atoms with Gasteiger partial charge in [-0.2, -0.15) is 5.26 Å². The van der Waals surface area contributed by atoms with Crippen LogP contribution in [-0.4, -0.2) is 42.2 Å². The molecule has 28 heavy (non-hydrogen) atoms. The van der Waals surface area contributed by atoms with E-state index in [0.717, 1.165) is 37.4 Å². The van der Waals surface area contributed by atoms with E-state index in [1.54, 1.807) is 6.07 Å². The predicted molar refractivity (Wildman–Crippen MR) is 101 cm³/mol. The summed E-state index contributed by atoms with van der Waals surface area (Å²) in [6, 6.07) is 7.63. The minimum atomic E-state index is -0.187. The summed E-state index contributed by atoms with van der Waals surface area (Å²) in [7, 11) is 0. The highest BCUT2D eigenvalue weighted by Gasteiger charge is 2.63. The first-order valence-corrected chi connectivity index (χ1v) is 9.70. The highest BCUT2D eigenvalue weighted by Crippen LogP contribution is 2.55. The van der Waals surface area contributed by atoms with Gasteiger partial charge in [0.2, 0.25) is 0 Å². The van der Waals surface area contributed by atoms with Crippen molar-refractivity contribution in [1.82, 2.24) is 10.3 Å². The van der Waals surface area contributed by atoms with Crippen LogP contribution < -0.4 is 10.2 Å². The first-order chi connectivity index (χ1) is 13.6. The van der Waals surface area contributed by atoms with Gasteiger partial charge in [0.15, 0.2) is 0 Å². The number of carbonyl (C=O) groups is 1. The first kappa shape index (κ1) is 17.3. The molecule has 0 unspecified atom stereocenters. The van der Waals surface area contributed by atoms with Crippen molar-refractivity contribution >= 4 is 11.7 Å². The Morgan fingerprint density at radius 1 is 1.46 bits per heavy atom. The summed E-state index contributed by atoms with van der Waals surface area (Å²) in [5.74, 6) is 1.22. The molecule has 2 aromatic rings. The number of nitriles is 1. The maximum atomic E-state index is 12.3. The highest BCUT2D eigenvalue weighted by atomic mass is 16.5. The Morgan fingerprint density at radius 2 is 2.36 bits per heavy atom. The van der Waals surface area contributed by atoms with Gasteiger partial charge in [-0.3, -0.25) is 4.79 Å². The number of amides is 1. The molecule has 2 bridgehead atoms. The van der Waals surface area contributed by atoms with Gasteiger partial charge in [0.1, 0.15) is 18.2 Å². The molecule has 3 aliphatic rings. The second-order valence-electron chi connectivity index (χ2n) is 8.07. The molecule has 3 aliphatic heterocycles. The number of nitrogens with zero attached hydrogens (tertiary/aromatic N) is 3. The molecule has 7 nitrogen and oxygen atoms in total. The lowest BCUT2D eigenvalue weighted by atomic mass is 9.73. The van der Waals surface area contributed by atoms with Crippen LogP contribution >= 0.6 is 0 Å². The molecule has 7 heteroatoms. The number of fused-ring (bicyclic) bond motifs is 1. The number of furan rings is 1. The number of hydrogen-bond acceptors (Lipinski definition) is 6. The van der Waals surface area contributed by atoms with E-state index < -0.39 is 0 Å². The minimum absolute atomic E-state index is 0.118. The third-order valence-electron chi connectivity index (χ3n) is 6.50. The van der Waals surface area contributed by atoms with Crippen molar-refractivity contribution in [3.8, 4) is 6.07 Å². The molecule has 0 radical (unpaired) electrons. The Balaban J connectivity index is 1.35. The fraction of sp³-hybridized carbons (Fsp3) is 0.476. The van der Waals surface area contributed by atoms with Crippen molar-refractivity contribution in [1.29, 1.82) is 5.26 Å². The largest absolute Gasteiger partial charge is 0.472 e. The molecule has 4 atom stereocenters. The van der Waals surface area contributed by atoms with Gasteiger partial charge in [0, 0.05) is 37.2 Å². The number of aryl methyl sites for hydroxylation is 1. The van der Waals surface area contributed by atoms with Crippen LogP contribution in [0.3, 0.4) is 0 Å². The second-order valence-corrected chi connectivity index (χ2v) is 8.07. The molecule has 2 aromatic heterocycles. The maximum absolute atomic E-state index is 12.3. The molecule has 3 fully saturated rings. The SMILES string of the molecule is Cc1ccc(C#N)c(N2C[C@@H]3[C@H](CNC(=O)c4ccoc4)[C@H]4CC[C@]3(C2)O4)n1. The van der Waals surface area contributed by atoms with E-state index in [0.29, 0.717) is 23.6 Å². The average Bonchev–Trinajstić information content (AvgIpc) is 3.46. The smallest absolute Gasteiger partial charge is 0.254 e. The molecule has 0 aromatic carbocycles. The average molecular weight is 378 g/mol. The van der Waals surface area contributed by atoms with E-state index >= 15 is 0 Å². The van der Waals surface area contributed by atoms with Crippen molar-refractivity contribution in [2.45, 2.75) is 31.5 Å². The zero-order valence-corrected chi connectivity index (χ0v) is 15.7. The normalized spacial score (nSPS) is 30.3. The Hall–Kier alpha value is -2.85. The number of carbonyl (C=O) groups excluding carboxylic acids is 1. The van der Waals surface area contributed by atoms with Crippen molar-refractivity contribution in [3.63, 3.8) is 0 Å². The topological polar surface area (TPSA) is 91.4 Å². The maximum Gasteiger partial charge on any atom is 0.254 e. The Bertz CT molecular complexity index is 951. The van der Waals surface area contributed by atoms with Crippen molar-refractivity contribution in [3.05, 3.63) is 47.5 Å². The summed E-state index contributed by atoms with van der Waals surface area (Å²) in [5.41, 5.74) is 1.85. The van der Waals surface area contributed by atoms with Gasteiger partial charge in [-0.25, -0.2) is 4.98 Å². The van der Waals surface area contributed by atoms with Crippen LogP contribution in [0.2, 0.25) is 0 Å². The quantitative estimate of drug-likeness (QED) is 0.878. The lowest BCUT2D eigenvalue weighted by Gasteiger charge is -2.29. The molecular formula is C21H22N4O3. The molecule has 0 saturated carbocycles. The van der Waals surface area contributed by atoms with E-state index in [-0.39, 0.29) is 23.5 Å². The highest BCUT2D eigenvalue weighted by molar-refractivity contribution is 5.93. The number of rotatable bonds is 4. The molecule has 0 aliphatic carbocycles. The molecule has 5 rings (SSSR count). The van der Waals surface area contributed by atoms with Gasteiger partial charge in [-0.1, -0.05) is 0 Å². The number of ether oxygens (including phenoxy) is 1. The van der Waals surface area contributed by atoms with Crippen LogP contribution in [0.1, 0.15) is 34.5 Å². The third kappa shape index (κ3) is 2.60. The zero-order valence-electron chi connectivity index (χ0n) is 15.7. The van der Waals surface area contributed by atoms with Gasteiger partial charge >= 0.3 is 0 Å². The fourth-order valence-corrected chi connectivity index (χ4v) is 5.20. The molecule has 1 N–H and O–H groups in total. The van der Waals surface area contributed by atoms with Crippen LogP contribution in [0, 0.1) is 30.1 Å². The summed E-state index contributed by atoms with van der Waals surface area (Å²) in [5, 5.41) is 12.5. The van der Waals surface area contributed by atoms with E-state index in [1.165, 1.54) is 12.5 Å². The summed E-state index contributed by atoms with van der Waals surface area (Å²) >= 11 is 0. The number of hydrogen-bond donors (Lipinski definition) is 1. The van der Waals surface area contributed by atoms with E-state index in [9.17, 15) is 10.1 Å². The van der Waals surface area contributed by atoms with Crippen LogP contribution in [0.5, 0.6) is 0 Å². The lowest BCUT2D eigenvalue weighted by molar-refractivity contribution is 0.0141. The number of nitrogens with one attached hydrogen (secondary N) is 1. The van der Waals surface area contributed by atoms with Gasteiger partial charge in [-0.15, -0.1) is 0 Å². The van der Waals surface area contributed by atoms with Crippen molar-refractivity contribution < 1.29 is 13.9 Å². The Kier molecular flexibility index (Phi) is 3.91. The monoisotopic (exact) mass is 378 g/mol. The summed E-state index contributed by atoms with van der Waals surface area (Å²) < 4.78 is 11.4. The number of aromatic nitrogens is 1. The van der Waals surface area contributed by atoms with Gasteiger partial charge in [0.05, 0.1) is 29.1 Å². The summed E-state index contributed by atoms with van der Waals surface area (Å²) in [4.78, 5) is 19.1. The van der Waals surface area contributed by atoms with E-state index in [4.69, 9.17) is 9.15 Å². The second kappa shape index (κ2) is 6.35. The molecular weight excluding hydrogens is 356 g/mol. The lowest BCUT2D eigenvalue weighted by Crippen LogP contribution is -2.41. The van der Waals surface area contributed by atoms with Crippen LogP contribution in [0.4, 0.5) is 5.82 Å². The van der Waals surface area contributed by atoms with E-state index in [1.807, 2.05) is 19.1 Å². The zero-order chi connectivity index (χ0) is 19.3. The Labute approximate surface area is 163 Å². The van der Waals surface area contributed by atoms with E-state index in [2.05, 4.69) is 21.3 Å². The van der Waals surface area contributed by atoms with Gasteiger partial charge < -0.3 is 19.4 Å². The van der Waals surface area contributed by atoms with Gasteiger partial charge in [0.25, 0.3) is 5.91 Å². The molecule has 3 saturated heterocycles. The third-order valence-corrected chi connectivity index (χ3v) is 6.50. The van der Waals surface area contributed by atoms with Crippen molar-refractivity contribution in [2.24, 2.45) is 11.8 Å². The molecule has 1 amide bonds. The van der Waals surface area contributed by atoms with Crippen LogP contribution in [-0.2, 0) is 4.74 Å². The molecule has 144 valence electrons. The first-order valence-electron chi connectivity index (χ1n) is 9.70. The molecule has 1 spiro atoms.